The molecule has 10 nitrogen and oxygen atoms in total. The summed E-state index contributed by atoms with van der Waals surface area (Å²) in [5.41, 5.74) is 13.2. The van der Waals surface area contributed by atoms with E-state index in [-0.39, 0.29) is 11.9 Å². The van der Waals surface area contributed by atoms with Crippen molar-refractivity contribution in [2.24, 2.45) is 11.7 Å². The van der Waals surface area contributed by atoms with Gasteiger partial charge in [0.25, 0.3) is 0 Å². The van der Waals surface area contributed by atoms with Crippen LogP contribution in [0.25, 0.3) is 22.6 Å². The fraction of sp³-hybridized carbons (Fsp3) is 0.583. The van der Waals surface area contributed by atoms with Crippen molar-refractivity contribution >= 4 is 16.9 Å². The second kappa shape index (κ2) is 9.99. The fourth-order valence-corrected chi connectivity index (χ4v) is 4.43. The number of aryl methyl sites for hydroxylation is 1. The standard InChI is InChI=1S/C24H33N7O3/c1-4-31-18-13-19(33-14-16(25)12-15-8-6-5-7-9-15)27-17(10-11-24(2,3)32)20(18)28-23(31)21-22(26)30-34-29-21/h13,15-16,32H,4-9,12,14,25H2,1-3H3,(H2,26,30)/t16-/m1/s1. The minimum absolute atomic E-state index is 0.0702. The maximum Gasteiger partial charge on any atom is 0.216 e. The van der Waals surface area contributed by atoms with Crippen LogP contribution >= 0.6 is 0 Å². The zero-order valence-corrected chi connectivity index (χ0v) is 20.0. The molecular formula is C24H33N7O3. The number of nitrogens with two attached hydrogens (primary N) is 2. The maximum absolute atomic E-state index is 10.1. The molecule has 34 heavy (non-hydrogen) atoms. The van der Waals surface area contributed by atoms with Crippen molar-refractivity contribution < 1.29 is 14.5 Å². The van der Waals surface area contributed by atoms with E-state index < -0.39 is 5.60 Å². The SMILES string of the molecule is CCn1c(-c2nonc2N)nc2c(C#CC(C)(C)O)nc(OC[C@H](N)CC3CCCCC3)cc21. The van der Waals surface area contributed by atoms with Crippen LogP contribution in [0.3, 0.4) is 0 Å². The Kier molecular flexibility index (Phi) is 7.05. The molecule has 3 aromatic rings. The van der Waals surface area contributed by atoms with Crippen LogP contribution in [-0.2, 0) is 6.54 Å². The smallest absolute Gasteiger partial charge is 0.216 e. The van der Waals surface area contributed by atoms with Crippen molar-refractivity contribution in [3.8, 4) is 29.2 Å². The lowest BCUT2D eigenvalue weighted by molar-refractivity contribution is 0.143. The molecule has 0 aromatic carbocycles. The quantitative estimate of drug-likeness (QED) is 0.445. The Morgan fingerprint density at radius 2 is 2.03 bits per heavy atom. The zero-order chi connectivity index (χ0) is 24.3. The van der Waals surface area contributed by atoms with Crippen molar-refractivity contribution in [1.29, 1.82) is 0 Å². The molecule has 10 heteroatoms. The fourth-order valence-electron chi connectivity index (χ4n) is 4.43. The molecule has 5 N–H and O–H groups in total. The van der Waals surface area contributed by atoms with Crippen LogP contribution in [-0.4, -0.2) is 48.2 Å². The van der Waals surface area contributed by atoms with E-state index in [2.05, 4.69) is 27.1 Å². The van der Waals surface area contributed by atoms with Crippen LogP contribution in [0.15, 0.2) is 10.7 Å². The second-order valence-corrected chi connectivity index (χ2v) is 9.47. The molecule has 0 spiro atoms. The molecule has 3 aromatic heterocycles. The van der Waals surface area contributed by atoms with Gasteiger partial charge in [0.1, 0.15) is 23.4 Å². The summed E-state index contributed by atoms with van der Waals surface area (Å²) in [5, 5.41) is 17.7. The first-order valence-electron chi connectivity index (χ1n) is 11.9. The third-order valence-electron chi connectivity index (χ3n) is 6.05. The number of hydrogen-bond acceptors (Lipinski definition) is 9. The number of aromatic nitrogens is 5. The van der Waals surface area contributed by atoms with E-state index in [4.69, 9.17) is 25.8 Å². The van der Waals surface area contributed by atoms with E-state index in [1.54, 1.807) is 13.8 Å². The average molecular weight is 468 g/mol. The molecule has 0 radical (unpaired) electrons. The summed E-state index contributed by atoms with van der Waals surface area (Å²) in [5.74, 6) is 7.48. The van der Waals surface area contributed by atoms with Crippen LogP contribution in [0.2, 0.25) is 0 Å². The Hall–Kier alpha value is -3.16. The highest BCUT2D eigenvalue weighted by molar-refractivity contribution is 5.86. The highest BCUT2D eigenvalue weighted by atomic mass is 16.6. The summed E-state index contributed by atoms with van der Waals surface area (Å²) in [7, 11) is 0. The summed E-state index contributed by atoms with van der Waals surface area (Å²) in [6.45, 7) is 6.15. The van der Waals surface area contributed by atoms with Crippen molar-refractivity contribution in [2.75, 3.05) is 12.3 Å². The molecule has 182 valence electrons. The highest BCUT2D eigenvalue weighted by Crippen LogP contribution is 2.30. The number of rotatable bonds is 7. The van der Waals surface area contributed by atoms with Crippen LogP contribution in [0, 0.1) is 17.8 Å². The molecule has 0 aliphatic heterocycles. The Labute approximate surface area is 199 Å². The van der Waals surface area contributed by atoms with Crippen molar-refractivity contribution in [1.82, 2.24) is 24.8 Å². The molecule has 0 bridgehead atoms. The molecule has 1 aliphatic rings. The number of fused-ring (bicyclic) bond motifs is 1. The van der Waals surface area contributed by atoms with E-state index in [0.717, 1.165) is 11.9 Å². The number of aliphatic hydroxyl groups is 1. The van der Waals surface area contributed by atoms with E-state index >= 15 is 0 Å². The summed E-state index contributed by atoms with van der Waals surface area (Å²) in [6, 6.07) is 1.75. The predicted molar refractivity (Wildman–Crippen MR) is 129 cm³/mol. The highest BCUT2D eigenvalue weighted by Gasteiger charge is 2.22. The molecule has 1 fully saturated rings. The number of anilines is 1. The minimum Gasteiger partial charge on any atom is -0.476 e. The van der Waals surface area contributed by atoms with Gasteiger partial charge in [-0.2, -0.15) is 0 Å². The van der Waals surface area contributed by atoms with Crippen LogP contribution in [0.1, 0.15) is 65.0 Å². The van der Waals surface area contributed by atoms with Crippen molar-refractivity contribution in [3.63, 3.8) is 0 Å². The Morgan fingerprint density at radius 1 is 1.26 bits per heavy atom. The van der Waals surface area contributed by atoms with Gasteiger partial charge in [-0.15, -0.1) is 0 Å². The van der Waals surface area contributed by atoms with E-state index in [9.17, 15) is 5.11 Å². The van der Waals surface area contributed by atoms with Gasteiger partial charge in [0.2, 0.25) is 5.88 Å². The van der Waals surface area contributed by atoms with Gasteiger partial charge in [0.05, 0.1) is 5.52 Å². The first-order valence-corrected chi connectivity index (χ1v) is 11.9. The maximum atomic E-state index is 10.1. The van der Waals surface area contributed by atoms with E-state index in [1.807, 2.05) is 17.6 Å². The molecule has 1 atom stereocenters. The lowest BCUT2D eigenvalue weighted by Gasteiger charge is -2.24. The third-order valence-corrected chi connectivity index (χ3v) is 6.05. The number of pyridine rings is 1. The van der Waals surface area contributed by atoms with Crippen LogP contribution < -0.4 is 16.2 Å². The van der Waals surface area contributed by atoms with Gasteiger partial charge in [0.15, 0.2) is 17.3 Å². The topological polar surface area (TPSA) is 151 Å². The minimum atomic E-state index is -1.19. The largest absolute Gasteiger partial charge is 0.476 e. The van der Waals surface area contributed by atoms with Gasteiger partial charge >= 0.3 is 0 Å². The van der Waals surface area contributed by atoms with E-state index in [1.165, 1.54) is 32.1 Å². The first-order chi connectivity index (χ1) is 16.2. The van der Waals surface area contributed by atoms with Gasteiger partial charge in [-0.25, -0.2) is 14.6 Å². The summed E-state index contributed by atoms with van der Waals surface area (Å²) < 4.78 is 12.7. The van der Waals surface area contributed by atoms with Crippen molar-refractivity contribution in [3.05, 3.63) is 11.8 Å². The average Bonchev–Trinajstić information content (AvgIpc) is 3.38. The Balaban J connectivity index is 1.68. The molecular weight excluding hydrogens is 434 g/mol. The van der Waals surface area contributed by atoms with Gasteiger partial charge in [-0.05, 0) is 49.3 Å². The number of imidazole rings is 1. The zero-order valence-electron chi connectivity index (χ0n) is 20.0. The lowest BCUT2D eigenvalue weighted by Crippen LogP contribution is -2.31. The Bertz CT molecular complexity index is 1190. The predicted octanol–water partition coefficient (Wildman–Crippen LogP) is 2.88. The molecule has 0 saturated heterocycles. The van der Waals surface area contributed by atoms with Crippen molar-refractivity contribution in [2.45, 2.75) is 77.5 Å². The summed E-state index contributed by atoms with van der Waals surface area (Å²) >= 11 is 0. The van der Waals surface area contributed by atoms with Gasteiger partial charge in [-0.3, -0.25) is 0 Å². The Morgan fingerprint density at radius 3 is 2.68 bits per heavy atom. The molecule has 1 saturated carbocycles. The number of nitrogens with zero attached hydrogens (tertiary/aromatic N) is 5. The first kappa shape index (κ1) is 24.0. The monoisotopic (exact) mass is 467 g/mol. The third kappa shape index (κ3) is 5.48. The normalized spacial score (nSPS) is 15.8. The van der Waals surface area contributed by atoms with Gasteiger partial charge in [0, 0.05) is 18.7 Å². The van der Waals surface area contributed by atoms with E-state index in [0.29, 0.717) is 47.7 Å². The van der Waals surface area contributed by atoms with Gasteiger partial charge < -0.3 is 25.9 Å². The summed E-state index contributed by atoms with van der Waals surface area (Å²) in [4.78, 5) is 9.28. The van der Waals surface area contributed by atoms with Crippen LogP contribution in [0.5, 0.6) is 5.88 Å². The molecule has 3 heterocycles. The molecule has 1 aliphatic carbocycles. The second-order valence-electron chi connectivity index (χ2n) is 9.47. The molecule has 0 unspecified atom stereocenters. The number of nitrogen functional groups attached to an aromatic ring is 1. The molecule has 0 amide bonds. The van der Waals surface area contributed by atoms with Gasteiger partial charge in [-0.1, -0.05) is 38.0 Å². The number of ether oxygens (including phenoxy) is 1. The summed E-state index contributed by atoms with van der Waals surface area (Å²) in [6.07, 6.45) is 7.33. The molecule has 4 rings (SSSR count). The number of hydrogen-bond donors (Lipinski definition) is 3. The van der Waals surface area contributed by atoms with Crippen LogP contribution in [0.4, 0.5) is 5.82 Å². The lowest BCUT2D eigenvalue weighted by atomic mass is 9.85.